The summed E-state index contributed by atoms with van der Waals surface area (Å²) < 4.78 is 13.4. The lowest BCUT2D eigenvalue weighted by molar-refractivity contribution is -0.140. The summed E-state index contributed by atoms with van der Waals surface area (Å²) in [6.45, 7) is 5.06. The molecule has 4 nitrogen and oxygen atoms in total. The van der Waals surface area contributed by atoms with Crippen molar-refractivity contribution in [3.63, 3.8) is 0 Å². The van der Waals surface area contributed by atoms with Crippen LogP contribution in [0.1, 0.15) is 19.4 Å². The lowest BCUT2D eigenvalue weighted by Gasteiger charge is -2.09. The Bertz CT molecular complexity index is 554. The number of carboxylic acid groups (broad SMARTS) is 1. The number of rotatable bonds is 3. The Morgan fingerprint density at radius 1 is 1.32 bits per heavy atom. The van der Waals surface area contributed by atoms with E-state index < -0.39 is 29.0 Å². The number of anilines is 1. The van der Waals surface area contributed by atoms with Crippen LogP contribution >= 0.6 is 0 Å². The summed E-state index contributed by atoms with van der Waals surface area (Å²) in [5.74, 6) is -3.00. The Morgan fingerprint density at radius 2 is 1.95 bits per heavy atom. The van der Waals surface area contributed by atoms with Gasteiger partial charge in [0.05, 0.1) is 11.8 Å². The minimum Gasteiger partial charge on any atom is -0.481 e. The molecule has 0 saturated heterocycles. The van der Waals surface area contributed by atoms with Gasteiger partial charge in [-0.3, -0.25) is 9.59 Å². The molecule has 0 aliphatic heterocycles. The number of benzene rings is 1. The maximum absolute atomic E-state index is 13.4. The van der Waals surface area contributed by atoms with E-state index in [4.69, 9.17) is 5.11 Å². The highest BCUT2D eigenvalue weighted by Gasteiger charge is 2.65. The van der Waals surface area contributed by atoms with Crippen LogP contribution < -0.4 is 5.32 Å². The van der Waals surface area contributed by atoms with Gasteiger partial charge in [0.15, 0.2) is 0 Å². The molecule has 1 amide bonds. The molecule has 2 N–H and O–H groups in total. The Balaban J connectivity index is 2.15. The van der Waals surface area contributed by atoms with Gasteiger partial charge in [-0.2, -0.15) is 0 Å². The first-order chi connectivity index (χ1) is 8.76. The van der Waals surface area contributed by atoms with Gasteiger partial charge in [0.2, 0.25) is 5.91 Å². The minimum atomic E-state index is -0.971. The lowest BCUT2D eigenvalue weighted by Crippen LogP contribution is -2.18. The van der Waals surface area contributed by atoms with Crippen molar-refractivity contribution in [3.8, 4) is 0 Å². The van der Waals surface area contributed by atoms with Crippen LogP contribution in [0.4, 0.5) is 10.1 Å². The fourth-order valence-corrected chi connectivity index (χ4v) is 2.54. The lowest BCUT2D eigenvalue weighted by atomic mass is 10.1. The molecule has 102 valence electrons. The largest absolute Gasteiger partial charge is 0.481 e. The topological polar surface area (TPSA) is 66.4 Å². The summed E-state index contributed by atoms with van der Waals surface area (Å²) in [5, 5.41) is 11.6. The van der Waals surface area contributed by atoms with Gasteiger partial charge in [0.1, 0.15) is 5.82 Å². The summed E-state index contributed by atoms with van der Waals surface area (Å²) in [5.41, 5.74) is 0.176. The van der Waals surface area contributed by atoms with Crippen molar-refractivity contribution in [3.05, 3.63) is 29.6 Å². The molecule has 1 saturated carbocycles. The molecular formula is C14H16FNO3. The molecule has 5 heteroatoms. The molecule has 1 fully saturated rings. The van der Waals surface area contributed by atoms with Gasteiger partial charge in [0, 0.05) is 11.3 Å². The molecule has 0 unspecified atom stereocenters. The van der Waals surface area contributed by atoms with Crippen molar-refractivity contribution in [2.75, 3.05) is 5.32 Å². The third-order valence-corrected chi connectivity index (χ3v) is 3.90. The fourth-order valence-electron chi connectivity index (χ4n) is 2.54. The van der Waals surface area contributed by atoms with E-state index in [0.29, 0.717) is 11.3 Å². The number of nitrogens with one attached hydrogen (secondary N) is 1. The quantitative estimate of drug-likeness (QED) is 0.882. The maximum Gasteiger partial charge on any atom is 0.307 e. The standard InChI is InChI=1S/C14H16FNO3/c1-7-8(15)5-4-6-9(7)16-12(17)10-11(13(18)19)14(10,2)3/h4-6,10-11H,1-3H3,(H,16,17)(H,18,19)/t10-,11+/m0/s1. The summed E-state index contributed by atoms with van der Waals surface area (Å²) in [6, 6.07) is 4.41. The molecule has 0 aromatic heterocycles. The molecule has 2 rings (SSSR count). The summed E-state index contributed by atoms with van der Waals surface area (Å²) >= 11 is 0. The summed E-state index contributed by atoms with van der Waals surface area (Å²) in [6.07, 6.45) is 0. The number of aliphatic carboxylic acids is 1. The molecule has 0 heterocycles. The van der Waals surface area contributed by atoms with E-state index in [1.54, 1.807) is 26.8 Å². The zero-order valence-corrected chi connectivity index (χ0v) is 11.0. The predicted octanol–water partition coefficient (Wildman–Crippen LogP) is 2.43. The zero-order valence-electron chi connectivity index (χ0n) is 11.0. The van der Waals surface area contributed by atoms with E-state index in [1.807, 2.05) is 0 Å². The Labute approximate surface area is 110 Å². The zero-order chi connectivity index (χ0) is 14.4. The van der Waals surface area contributed by atoms with Crippen LogP contribution in [0, 0.1) is 30.0 Å². The number of carboxylic acids is 1. The SMILES string of the molecule is Cc1c(F)cccc1NC(=O)[C@@H]1[C@H](C(=O)O)C1(C)C. The average molecular weight is 265 g/mol. The van der Waals surface area contributed by atoms with Crippen molar-refractivity contribution >= 4 is 17.6 Å². The summed E-state index contributed by atoms with van der Waals surface area (Å²) in [7, 11) is 0. The number of hydrogen-bond acceptors (Lipinski definition) is 2. The molecule has 1 aliphatic carbocycles. The Morgan fingerprint density at radius 3 is 2.47 bits per heavy atom. The highest BCUT2D eigenvalue weighted by Crippen LogP contribution is 2.58. The minimum absolute atomic E-state index is 0.348. The molecule has 1 aliphatic rings. The number of carbonyl (C=O) groups excluding carboxylic acids is 1. The summed E-state index contributed by atoms with van der Waals surface area (Å²) in [4.78, 5) is 23.1. The number of hydrogen-bond donors (Lipinski definition) is 2. The van der Waals surface area contributed by atoms with E-state index in [2.05, 4.69) is 5.32 Å². The number of amides is 1. The van der Waals surface area contributed by atoms with Gasteiger partial charge < -0.3 is 10.4 Å². The second-order valence-electron chi connectivity index (χ2n) is 5.52. The molecule has 0 radical (unpaired) electrons. The molecule has 1 aromatic rings. The van der Waals surface area contributed by atoms with Crippen molar-refractivity contribution < 1.29 is 19.1 Å². The molecule has 1 aromatic carbocycles. The van der Waals surface area contributed by atoms with Gasteiger partial charge in [-0.05, 0) is 24.5 Å². The van der Waals surface area contributed by atoms with Crippen LogP contribution in [0.3, 0.4) is 0 Å². The highest BCUT2D eigenvalue weighted by atomic mass is 19.1. The molecular weight excluding hydrogens is 249 g/mol. The smallest absolute Gasteiger partial charge is 0.307 e. The molecule has 0 spiro atoms. The van der Waals surface area contributed by atoms with Crippen LogP contribution in [0.5, 0.6) is 0 Å². The van der Waals surface area contributed by atoms with Gasteiger partial charge in [-0.25, -0.2) is 4.39 Å². The van der Waals surface area contributed by atoms with Gasteiger partial charge in [-0.1, -0.05) is 19.9 Å². The second kappa shape index (κ2) is 4.33. The first-order valence-corrected chi connectivity index (χ1v) is 6.05. The van der Waals surface area contributed by atoms with Crippen molar-refractivity contribution in [1.29, 1.82) is 0 Å². The number of carbonyl (C=O) groups is 2. The van der Waals surface area contributed by atoms with Crippen molar-refractivity contribution in [2.24, 2.45) is 17.3 Å². The predicted molar refractivity (Wildman–Crippen MR) is 68.2 cm³/mol. The maximum atomic E-state index is 13.4. The van der Waals surface area contributed by atoms with E-state index in [0.717, 1.165) is 0 Å². The van der Waals surface area contributed by atoms with Crippen molar-refractivity contribution in [2.45, 2.75) is 20.8 Å². The third kappa shape index (κ3) is 2.20. The second-order valence-corrected chi connectivity index (χ2v) is 5.52. The highest BCUT2D eigenvalue weighted by molar-refractivity contribution is 6.00. The third-order valence-electron chi connectivity index (χ3n) is 3.90. The Kier molecular flexibility index (Phi) is 3.08. The number of halogens is 1. The normalized spacial score (nSPS) is 23.8. The monoisotopic (exact) mass is 265 g/mol. The van der Waals surface area contributed by atoms with E-state index in [1.165, 1.54) is 12.1 Å². The van der Waals surface area contributed by atoms with Crippen LogP contribution in [0.2, 0.25) is 0 Å². The van der Waals surface area contributed by atoms with Gasteiger partial charge in [-0.15, -0.1) is 0 Å². The van der Waals surface area contributed by atoms with Crippen LogP contribution in [0.25, 0.3) is 0 Å². The Hall–Kier alpha value is -1.91. The van der Waals surface area contributed by atoms with E-state index >= 15 is 0 Å². The molecule has 0 bridgehead atoms. The average Bonchev–Trinajstić information content (AvgIpc) is 2.88. The van der Waals surface area contributed by atoms with Gasteiger partial charge >= 0.3 is 5.97 Å². The van der Waals surface area contributed by atoms with Crippen LogP contribution in [-0.4, -0.2) is 17.0 Å². The van der Waals surface area contributed by atoms with Gasteiger partial charge in [0.25, 0.3) is 0 Å². The first kappa shape index (κ1) is 13.5. The van der Waals surface area contributed by atoms with E-state index in [-0.39, 0.29) is 5.91 Å². The van der Waals surface area contributed by atoms with Crippen molar-refractivity contribution in [1.82, 2.24) is 0 Å². The van der Waals surface area contributed by atoms with E-state index in [9.17, 15) is 14.0 Å². The molecule has 19 heavy (non-hydrogen) atoms. The van der Waals surface area contributed by atoms with Crippen LogP contribution in [0.15, 0.2) is 18.2 Å². The fraction of sp³-hybridized carbons (Fsp3) is 0.429. The first-order valence-electron chi connectivity index (χ1n) is 6.05. The van der Waals surface area contributed by atoms with Crippen LogP contribution in [-0.2, 0) is 9.59 Å². The molecule has 2 atom stereocenters.